The van der Waals surface area contributed by atoms with Gasteiger partial charge in [-0.2, -0.15) is 0 Å². The number of hydrogen-bond acceptors (Lipinski definition) is 2. The lowest BCUT2D eigenvalue weighted by molar-refractivity contribution is 0.666. The first-order chi connectivity index (χ1) is 11.7. The van der Waals surface area contributed by atoms with Crippen molar-refractivity contribution in [1.29, 1.82) is 4.78 Å². The number of alkyl halides is 1. The molecule has 0 bridgehead atoms. The fourth-order valence-electron chi connectivity index (χ4n) is 3.24. The van der Waals surface area contributed by atoms with Gasteiger partial charge in [-0.15, -0.1) is 11.6 Å². The molecule has 0 fully saturated rings. The summed E-state index contributed by atoms with van der Waals surface area (Å²) in [6, 6.07) is 20.4. The minimum Gasteiger partial charge on any atom is -0.243 e. The first kappa shape index (κ1) is 20.2. The van der Waals surface area contributed by atoms with Crippen molar-refractivity contribution in [2.75, 3.05) is 11.6 Å². The van der Waals surface area contributed by atoms with Gasteiger partial charge < -0.3 is 0 Å². The maximum atomic E-state index is 13.1. The van der Waals surface area contributed by atoms with E-state index in [0.29, 0.717) is 12.3 Å². The van der Waals surface area contributed by atoms with Gasteiger partial charge in [-0.25, -0.2) is 13.4 Å². The number of nitrogens with one attached hydrogen (secondary N) is 2. The van der Waals surface area contributed by atoms with Gasteiger partial charge in [0, 0.05) is 11.6 Å². The molecule has 2 rings (SSSR count). The van der Waals surface area contributed by atoms with Crippen LogP contribution >= 0.6 is 11.6 Å². The Morgan fingerprint density at radius 1 is 1.00 bits per heavy atom. The third kappa shape index (κ3) is 4.53. The Labute approximate surface area is 158 Å². The van der Waals surface area contributed by atoms with Gasteiger partial charge in [0.1, 0.15) is 0 Å². The van der Waals surface area contributed by atoms with Crippen molar-refractivity contribution in [3.63, 3.8) is 0 Å². The summed E-state index contributed by atoms with van der Waals surface area (Å²) in [7, 11) is -5.64. The van der Waals surface area contributed by atoms with E-state index < -0.39 is 18.2 Å². The Morgan fingerprint density at radius 2 is 1.44 bits per heavy atom. The standard InChI is InChI=1S/C19H27ClN2OSSi/c1-19(2,3)25(17-11-6-4-7-12-17,18-13-8-5-9-14-18)22-24(21,23)16-10-15-20/h4-9,11-14H,10,15-16H2,1-3H3,(H2,21,22,23). The van der Waals surface area contributed by atoms with Crippen molar-refractivity contribution in [3.8, 4) is 0 Å². The molecule has 0 heterocycles. The molecule has 25 heavy (non-hydrogen) atoms. The first-order valence-corrected chi connectivity index (χ1v) is 12.7. The van der Waals surface area contributed by atoms with E-state index in [-0.39, 0.29) is 10.8 Å². The zero-order chi connectivity index (χ0) is 18.6. The zero-order valence-corrected chi connectivity index (χ0v) is 17.7. The topological polar surface area (TPSA) is 53.0 Å². The molecule has 0 aliphatic carbocycles. The quantitative estimate of drug-likeness (QED) is 0.545. The van der Waals surface area contributed by atoms with Gasteiger partial charge in [-0.3, -0.25) is 0 Å². The smallest absolute Gasteiger partial charge is 0.208 e. The molecule has 0 aliphatic rings. The van der Waals surface area contributed by atoms with Gasteiger partial charge in [0.15, 0.2) is 0 Å². The van der Waals surface area contributed by atoms with Crippen LogP contribution in [0.1, 0.15) is 27.2 Å². The highest BCUT2D eigenvalue weighted by atomic mass is 35.5. The van der Waals surface area contributed by atoms with Gasteiger partial charge in [0.25, 0.3) is 0 Å². The molecule has 0 amide bonds. The lowest BCUT2D eigenvalue weighted by Crippen LogP contribution is -2.74. The van der Waals surface area contributed by atoms with Gasteiger partial charge in [0.2, 0.25) is 8.24 Å². The van der Waals surface area contributed by atoms with Gasteiger partial charge >= 0.3 is 0 Å². The molecule has 0 spiro atoms. The molecule has 2 N–H and O–H groups in total. The van der Waals surface area contributed by atoms with Crippen LogP contribution in [-0.2, 0) is 9.92 Å². The number of hydrogen-bond donors (Lipinski definition) is 2. The first-order valence-electron chi connectivity index (χ1n) is 8.45. The summed E-state index contributed by atoms with van der Waals surface area (Å²) in [5.41, 5.74) is 0. The van der Waals surface area contributed by atoms with Crippen LogP contribution in [0.4, 0.5) is 0 Å². The molecule has 2 aromatic rings. The predicted octanol–water partition coefficient (Wildman–Crippen LogP) is 3.73. The molecule has 0 radical (unpaired) electrons. The molecular weight excluding hydrogens is 368 g/mol. The zero-order valence-electron chi connectivity index (χ0n) is 15.1. The van der Waals surface area contributed by atoms with Gasteiger partial charge in [-0.1, -0.05) is 81.4 Å². The van der Waals surface area contributed by atoms with Crippen molar-refractivity contribution < 1.29 is 4.21 Å². The van der Waals surface area contributed by atoms with Crippen LogP contribution in [0.15, 0.2) is 60.7 Å². The van der Waals surface area contributed by atoms with Gasteiger partial charge in [-0.05, 0) is 21.8 Å². The normalized spacial score (nSPS) is 14.9. The highest BCUT2D eigenvalue weighted by Crippen LogP contribution is 2.34. The van der Waals surface area contributed by atoms with E-state index in [1.807, 2.05) is 36.4 Å². The molecule has 0 saturated carbocycles. The van der Waals surface area contributed by atoms with Crippen LogP contribution in [0.3, 0.4) is 0 Å². The third-order valence-electron chi connectivity index (χ3n) is 4.42. The Kier molecular flexibility index (Phi) is 6.49. The van der Waals surface area contributed by atoms with E-state index in [1.165, 1.54) is 0 Å². The Hall–Kier alpha value is -1.14. The Morgan fingerprint density at radius 3 is 1.80 bits per heavy atom. The van der Waals surface area contributed by atoms with Crippen LogP contribution < -0.4 is 14.8 Å². The molecule has 1 unspecified atom stereocenters. The molecule has 136 valence electrons. The molecule has 0 saturated heterocycles. The minimum absolute atomic E-state index is 0.180. The number of halogens is 1. The Bertz CT molecular complexity index is 735. The molecule has 0 aromatic heterocycles. The van der Waals surface area contributed by atoms with Crippen LogP contribution in [-0.4, -0.2) is 24.1 Å². The summed E-state index contributed by atoms with van der Waals surface area (Å²) in [5.74, 6) is 0.680. The molecule has 2 aromatic carbocycles. The molecule has 6 heteroatoms. The number of benzene rings is 2. The second-order valence-electron chi connectivity index (χ2n) is 7.26. The van der Waals surface area contributed by atoms with Crippen molar-refractivity contribution in [3.05, 3.63) is 60.7 Å². The van der Waals surface area contributed by atoms with E-state index in [9.17, 15) is 4.21 Å². The van der Waals surface area contributed by atoms with Gasteiger partial charge in [0.05, 0.1) is 9.92 Å². The van der Waals surface area contributed by atoms with E-state index in [1.54, 1.807) is 0 Å². The maximum Gasteiger partial charge on any atom is 0.208 e. The van der Waals surface area contributed by atoms with Crippen LogP contribution in [0, 0.1) is 4.78 Å². The largest absolute Gasteiger partial charge is 0.243 e. The number of rotatable bonds is 7. The summed E-state index contributed by atoms with van der Waals surface area (Å²) in [6.45, 7) is 6.51. The summed E-state index contributed by atoms with van der Waals surface area (Å²) in [6.07, 6.45) is 0.565. The third-order valence-corrected chi connectivity index (χ3v) is 12.7. The molecule has 3 nitrogen and oxygen atoms in total. The highest BCUT2D eigenvalue weighted by molar-refractivity contribution is 7.92. The summed E-state index contributed by atoms with van der Waals surface area (Å²) in [4.78, 5) is 0. The van der Waals surface area contributed by atoms with E-state index >= 15 is 0 Å². The van der Waals surface area contributed by atoms with Crippen LogP contribution in [0.2, 0.25) is 5.04 Å². The van der Waals surface area contributed by atoms with E-state index in [2.05, 4.69) is 49.4 Å². The fraction of sp³-hybridized carbons (Fsp3) is 0.368. The monoisotopic (exact) mass is 394 g/mol. The van der Waals surface area contributed by atoms with Crippen molar-refractivity contribution in [1.82, 2.24) is 4.39 Å². The van der Waals surface area contributed by atoms with Crippen LogP contribution in [0.5, 0.6) is 0 Å². The van der Waals surface area contributed by atoms with Crippen molar-refractivity contribution in [2.45, 2.75) is 32.2 Å². The SMILES string of the molecule is CC(C)(C)[Si](NS(=N)(=O)CCCCl)(c1ccccc1)c1ccccc1. The summed E-state index contributed by atoms with van der Waals surface area (Å²) in [5, 5.41) is 2.10. The maximum absolute atomic E-state index is 13.1. The molecule has 0 aliphatic heterocycles. The fourth-order valence-corrected chi connectivity index (χ4v) is 12.1. The van der Waals surface area contributed by atoms with Crippen molar-refractivity contribution >= 4 is 40.1 Å². The second kappa shape index (κ2) is 8.04. The van der Waals surface area contributed by atoms with E-state index in [4.69, 9.17) is 16.4 Å². The summed E-state index contributed by atoms with van der Waals surface area (Å²) >= 11 is 5.78. The minimum atomic E-state index is -2.95. The summed E-state index contributed by atoms with van der Waals surface area (Å²) < 4.78 is 24.9. The van der Waals surface area contributed by atoms with E-state index in [0.717, 1.165) is 10.4 Å². The average Bonchev–Trinajstić information content (AvgIpc) is 2.58. The lowest BCUT2D eigenvalue weighted by Gasteiger charge is -2.44. The highest BCUT2D eigenvalue weighted by Gasteiger charge is 2.49. The molecular formula is C19H27ClN2OSSi. The molecule has 1 atom stereocenters. The lowest BCUT2D eigenvalue weighted by atomic mass is 10.2. The second-order valence-corrected chi connectivity index (χ2v) is 14.4. The average molecular weight is 395 g/mol. The Balaban J connectivity index is 2.69. The predicted molar refractivity (Wildman–Crippen MR) is 112 cm³/mol. The van der Waals surface area contributed by atoms with Crippen molar-refractivity contribution in [2.24, 2.45) is 0 Å². The van der Waals surface area contributed by atoms with Crippen LogP contribution in [0.25, 0.3) is 0 Å².